The summed E-state index contributed by atoms with van der Waals surface area (Å²) in [6, 6.07) is 0. The Kier molecular flexibility index (Phi) is 2.97. The Bertz CT molecular complexity index is 174. The lowest BCUT2D eigenvalue weighted by Crippen LogP contribution is -2.44. The van der Waals surface area contributed by atoms with Crippen LogP contribution in [0.3, 0.4) is 0 Å². The van der Waals surface area contributed by atoms with E-state index >= 15 is 0 Å². The first-order valence-electron chi connectivity index (χ1n) is 4.52. The fraction of sp³-hybridized carbons (Fsp3) is 1.00. The number of hydrogen-bond acceptors (Lipinski definition) is 1. The third-order valence-electron chi connectivity index (χ3n) is 3.38. The average Bonchev–Trinajstić information content (AvgIpc) is 2.62. The summed E-state index contributed by atoms with van der Waals surface area (Å²) in [7, 11) is -1.18. The van der Waals surface area contributed by atoms with Gasteiger partial charge in [0.2, 0.25) is 0 Å². The number of alkyl halides is 1. The van der Waals surface area contributed by atoms with E-state index in [4.69, 9.17) is 4.74 Å². The minimum atomic E-state index is -1.18. The molecule has 2 atom stereocenters. The molecular formula is C9H19IOSi. The van der Waals surface area contributed by atoms with E-state index in [-0.39, 0.29) is 0 Å². The molecule has 0 radical (unpaired) electrons. The molecule has 0 amide bonds. The molecule has 72 valence electrons. The van der Waals surface area contributed by atoms with Gasteiger partial charge in [0.15, 0.2) is 0 Å². The second-order valence-electron chi connectivity index (χ2n) is 5.22. The quantitative estimate of drug-likeness (QED) is 0.330. The van der Waals surface area contributed by atoms with Crippen molar-refractivity contribution in [2.24, 2.45) is 0 Å². The SMILES string of the molecule is CC(C)(C)[Si](C)(C)C1OC1CI. The van der Waals surface area contributed by atoms with E-state index in [0.29, 0.717) is 16.9 Å². The highest BCUT2D eigenvalue weighted by molar-refractivity contribution is 14.1. The van der Waals surface area contributed by atoms with Crippen LogP contribution in [0.1, 0.15) is 20.8 Å². The molecule has 1 saturated heterocycles. The van der Waals surface area contributed by atoms with Gasteiger partial charge in [-0.2, -0.15) is 0 Å². The van der Waals surface area contributed by atoms with Crippen LogP contribution >= 0.6 is 22.6 Å². The largest absolute Gasteiger partial charge is 0.373 e. The summed E-state index contributed by atoms with van der Waals surface area (Å²) >= 11 is 2.42. The fourth-order valence-corrected chi connectivity index (χ4v) is 4.89. The lowest BCUT2D eigenvalue weighted by atomic mass is 10.2. The van der Waals surface area contributed by atoms with Crippen molar-refractivity contribution in [3.05, 3.63) is 0 Å². The molecule has 0 N–H and O–H groups in total. The highest BCUT2D eigenvalue weighted by atomic mass is 127. The van der Waals surface area contributed by atoms with Crippen molar-refractivity contribution in [2.75, 3.05) is 4.43 Å². The smallest absolute Gasteiger partial charge is 0.0903 e. The van der Waals surface area contributed by atoms with Gasteiger partial charge in [0.1, 0.15) is 0 Å². The molecular weight excluding hydrogens is 279 g/mol. The third-order valence-corrected chi connectivity index (χ3v) is 10.0. The number of hydrogen-bond donors (Lipinski definition) is 0. The van der Waals surface area contributed by atoms with Crippen molar-refractivity contribution < 1.29 is 4.74 Å². The van der Waals surface area contributed by atoms with Crippen LogP contribution in [-0.4, -0.2) is 24.3 Å². The molecule has 1 aliphatic rings. The molecule has 2 unspecified atom stereocenters. The monoisotopic (exact) mass is 298 g/mol. The summed E-state index contributed by atoms with van der Waals surface area (Å²) in [6.07, 6.45) is 0.575. The maximum Gasteiger partial charge on any atom is 0.0903 e. The Morgan fingerprint density at radius 3 is 2.08 bits per heavy atom. The van der Waals surface area contributed by atoms with E-state index in [1.54, 1.807) is 0 Å². The molecule has 12 heavy (non-hydrogen) atoms. The summed E-state index contributed by atoms with van der Waals surface area (Å²) in [5.41, 5.74) is 0.620. The molecule has 0 saturated carbocycles. The van der Waals surface area contributed by atoms with E-state index in [1.165, 1.54) is 0 Å². The second kappa shape index (κ2) is 3.24. The maximum absolute atomic E-state index is 5.71. The van der Waals surface area contributed by atoms with Crippen molar-refractivity contribution in [3.8, 4) is 0 Å². The van der Waals surface area contributed by atoms with Crippen molar-refractivity contribution in [3.63, 3.8) is 0 Å². The zero-order valence-electron chi connectivity index (χ0n) is 8.65. The van der Waals surface area contributed by atoms with E-state index < -0.39 is 8.07 Å². The lowest BCUT2D eigenvalue weighted by Gasteiger charge is -2.35. The van der Waals surface area contributed by atoms with Gasteiger partial charge < -0.3 is 4.74 Å². The molecule has 1 nitrogen and oxygen atoms in total. The molecule has 0 aromatic rings. The molecule has 1 heterocycles. The number of rotatable bonds is 2. The molecule has 0 aromatic carbocycles. The van der Waals surface area contributed by atoms with E-state index in [1.807, 2.05) is 0 Å². The normalized spacial score (nSPS) is 30.5. The molecule has 0 aromatic heterocycles. The summed E-state index contributed by atoms with van der Waals surface area (Å²) < 4.78 is 6.87. The van der Waals surface area contributed by atoms with Crippen LogP contribution in [-0.2, 0) is 4.74 Å². The number of halogens is 1. The molecule has 0 spiro atoms. The number of ether oxygens (including phenoxy) is 1. The molecule has 0 bridgehead atoms. The molecule has 1 fully saturated rings. The second-order valence-corrected chi connectivity index (χ2v) is 11.6. The van der Waals surface area contributed by atoms with Gasteiger partial charge >= 0.3 is 0 Å². The van der Waals surface area contributed by atoms with Gasteiger partial charge in [-0.3, -0.25) is 0 Å². The predicted octanol–water partition coefficient (Wildman–Crippen LogP) is 3.24. The van der Waals surface area contributed by atoms with Gasteiger partial charge in [0.25, 0.3) is 0 Å². The van der Waals surface area contributed by atoms with E-state index in [0.717, 1.165) is 4.43 Å². The van der Waals surface area contributed by atoms with Crippen molar-refractivity contribution in [1.82, 2.24) is 0 Å². The first kappa shape index (κ1) is 11.0. The molecule has 1 aliphatic heterocycles. The molecule has 0 aliphatic carbocycles. The Balaban J connectivity index is 2.62. The first-order valence-corrected chi connectivity index (χ1v) is 9.12. The minimum absolute atomic E-state index is 0.470. The topological polar surface area (TPSA) is 12.5 Å². The van der Waals surface area contributed by atoms with Crippen molar-refractivity contribution in [2.45, 2.75) is 50.7 Å². The van der Waals surface area contributed by atoms with Gasteiger partial charge in [-0.15, -0.1) is 0 Å². The molecule has 3 heteroatoms. The zero-order chi connectivity index (χ0) is 9.57. The van der Waals surface area contributed by atoms with Gasteiger partial charge in [-0.05, 0) is 5.04 Å². The van der Waals surface area contributed by atoms with Crippen LogP contribution < -0.4 is 0 Å². The van der Waals surface area contributed by atoms with Gasteiger partial charge in [0.05, 0.1) is 19.9 Å². The Labute approximate surface area is 90.4 Å². The Morgan fingerprint density at radius 1 is 1.33 bits per heavy atom. The highest BCUT2D eigenvalue weighted by Gasteiger charge is 2.55. The Morgan fingerprint density at radius 2 is 1.83 bits per heavy atom. The predicted molar refractivity (Wildman–Crippen MR) is 64.7 cm³/mol. The lowest BCUT2D eigenvalue weighted by molar-refractivity contribution is 0.407. The van der Waals surface area contributed by atoms with Crippen molar-refractivity contribution in [1.29, 1.82) is 0 Å². The van der Waals surface area contributed by atoms with Crippen molar-refractivity contribution >= 4 is 30.7 Å². The minimum Gasteiger partial charge on any atom is -0.373 e. The van der Waals surface area contributed by atoms with Crippen LogP contribution in [0.15, 0.2) is 0 Å². The van der Waals surface area contributed by atoms with Gasteiger partial charge in [0, 0.05) is 4.43 Å². The fourth-order valence-electron chi connectivity index (χ4n) is 1.32. The molecule has 1 rings (SSSR count). The van der Waals surface area contributed by atoms with Crippen LogP contribution in [0.5, 0.6) is 0 Å². The van der Waals surface area contributed by atoms with Crippen LogP contribution in [0.25, 0.3) is 0 Å². The third kappa shape index (κ3) is 1.87. The summed E-state index contributed by atoms with van der Waals surface area (Å²) in [6.45, 7) is 12.0. The average molecular weight is 298 g/mol. The highest BCUT2D eigenvalue weighted by Crippen LogP contribution is 2.46. The van der Waals surface area contributed by atoms with Gasteiger partial charge in [-0.25, -0.2) is 0 Å². The zero-order valence-corrected chi connectivity index (χ0v) is 11.8. The van der Waals surface area contributed by atoms with Crippen LogP contribution in [0, 0.1) is 0 Å². The van der Waals surface area contributed by atoms with E-state index in [2.05, 4.69) is 56.5 Å². The number of epoxide rings is 1. The van der Waals surface area contributed by atoms with Crippen LogP contribution in [0.2, 0.25) is 18.1 Å². The van der Waals surface area contributed by atoms with Crippen LogP contribution in [0.4, 0.5) is 0 Å². The summed E-state index contributed by atoms with van der Waals surface area (Å²) in [4.78, 5) is 0. The Hall–Kier alpha value is 0.907. The first-order chi connectivity index (χ1) is 5.30. The van der Waals surface area contributed by atoms with Gasteiger partial charge in [-0.1, -0.05) is 56.5 Å². The summed E-state index contributed by atoms with van der Waals surface area (Å²) in [5.74, 6) is 0. The van der Waals surface area contributed by atoms with E-state index in [9.17, 15) is 0 Å². The standard InChI is InChI=1S/C9H19IOSi/c1-9(2,3)12(4,5)8-7(6-10)11-8/h7-8H,6H2,1-5H3. The summed E-state index contributed by atoms with van der Waals surface area (Å²) in [5, 5.41) is 0.470. The maximum atomic E-state index is 5.71.